The maximum Gasteiger partial charge on any atom is 0.121 e. The second-order valence-electron chi connectivity index (χ2n) is 5.03. The first kappa shape index (κ1) is 15.2. The van der Waals surface area contributed by atoms with Crippen LogP contribution < -0.4 is 10.1 Å². The molecule has 0 saturated heterocycles. The van der Waals surface area contributed by atoms with Gasteiger partial charge in [-0.15, -0.1) is 0 Å². The Morgan fingerprint density at radius 2 is 2.05 bits per heavy atom. The van der Waals surface area contributed by atoms with Crippen LogP contribution in [0.1, 0.15) is 25.0 Å². The number of nitriles is 1. The van der Waals surface area contributed by atoms with Crippen molar-refractivity contribution in [3.63, 3.8) is 0 Å². The molecule has 0 bridgehead atoms. The molecule has 2 aromatic rings. The number of hydrogen-bond donors (Lipinski definition) is 1. The van der Waals surface area contributed by atoms with Gasteiger partial charge in [-0.05, 0) is 44.2 Å². The second-order valence-corrected chi connectivity index (χ2v) is 5.44. The molecule has 0 aromatic heterocycles. The van der Waals surface area contributed by atoms with Gasteiger partial charge in [0.2, 0.25) is 0 Å². The van der Waals surface area contributed by atoms with Crippen LogP contribution in [0, 0.1) is 11.3 Å². The molecular weight excluding hydrogens is 284 g/mol. The molecule has 0 saturated carbocycles. The third kappa shape index (κ3) is 4.40. The first-order chi connectivity index (χ1) is 10.1. The highest BCUT2D eigenvalue weighted by atomic mass is 35.5. The minimum absolute atomic E-state index is 0.358. The molecule has 2 rings (SSSR count). The molecule has 1 N–H and O–H groups in total. The summed E-state index contributed by atoms with van der Waals surface area (Å²) in [6.07, 6.45) is 0. The number of nitrogens with one attached hydrogen (secondary N) is 1. The Morgan fingerprint density at radius 1 is 1.24 bits per heavy atom. The molecule has 0 radical (unpaired) electrons. The molecule has 0 aliphatic carbocycles. The summed E-state index contributed by atoms with van der Waals surface area (Å²) in [6.45, 7) is 4.52. The van der Waals surface area contributed by atoms with Crippen molar-refractivity contribution in [3.8, 4) is 11.8 Å². The van der Waals surface area contributed by atoms with Crippen molar-refractivity contribution in [2.45, 2.75) is 26.5 Å². The van der Waals surface area contributed by atoms with Crippen LogP contribution in [-0.2, 0) is 6.61 Å². The average Bonchev–Trinajstić information content (AvgIpc) is 2.46. The molecule has 2 aromatic carbocycles. The van der Waals surface area contributed by atoms with E-state index in [1.54, 1.807) is 18.2 Å². The van der Waals surface area contributed by atoms with Crippen molar-refractivity contribution in [2.24, 2.45) is 0 Å². The molecule has 3 nitrogen and oxygen atoms in total. The summed E-state index contributed by atoms with van der Waals surface area (Å²) in [5.74, 6) is 0.662. The van der Waals surface area contributed by atoms with Crippen LogP contribution in [0.3, 0.4) is 0 Å². The van der Waals surface area contributed by atoms with Gasteiger partial charge in [0, 0.05) is 22.3 Å². The summed E-state index contributed by atoms with van der Waals surface area (Å²) in [5, 5.41) is 12.8. The fourth-order valence-electron chi connectivity index (χ4n) is 1.90. The van der Waals surface area contributed by atoms with E-state index in [-0.39, 0.29) is 0 Å². The van der Waals surface area contributed by atoms with Crippen LogP contribution in [0.2, 0.25) is 5.02 Å². The van der Waals surface area contributed by atoms with E-state index in [2.05, 4.69) is 25.2 Å². The van der Waals surface area contributed by atoms with Gasteiger partial charge in [0.25, 0.3) is 0 Å². The van der Waals surface area contributed by atoms with Crippen LogP contribution in [-0.4, -0.2) is 6.04 Å². The lowest BCUT2D eigenvalue weighted by atomic mass is 10.2. The number of ether oxygens (including phenoxy) is 1. The highest BCUT2D eigenvalue weighted by molar-refractivity contribution is 6.31. The van der Waals surface area contributed by atoms with Crippen LogP contribution in [0.15, 0.2) is 42.5 Å². The molecule has 21 heavy (non-hydrogen) atoms. The number of anilines is 1. The summed E-state index contributed by atoms with van der Waals surface area (Å²) in [7, 11) is 0. The van der Waals surface area contributed by atoms with E-state index in [1.165, 1.54) is 0 Å². The third-order valence-corrected chi connectivity index (χ3v) is 3.22. The van der Waals surface area contributed by atoms with E-state index < -0.39 is 0 Å². The SMILES string of the molecule is CC(C)Nc1ccc(COc2cccc(C#N)c2)c(Cl)c1. The van der Waals surface area contributed by atoms with Gasteiger partial charge in [-0.2, -0.15) is 5.26 Å². The molecule has 0 atom stereocenters. The van der Waals surface area contributed by atoms with Gasteiger partial charge in [-0.1, -0.05) is 23.7 Å². The Hall–Kier alpha value is -2.18. The van der Waals surface area contributed by atoms with E-state index in [1.807, 2.05) is 24.3 Å². The van der Waals surface area contributed by atoms with Crippen LogP contribution in [0.4, 0.5) is 5.69 Å². The van der Waals surface area contributed by atoms with E-state index >= 15 is 0 Å². The molecule has 4 heteroatoms. The summed E-state index contributed by atoms with van der Waals surface area (Å²) >= 11 is 6.27. The van der Waals surface area contributed by atoms with Gasteiger partial charge >= 0.3 is 0 Å². The van der Waals surface area contributed by atoms with Crippen molar-refractivity contribution in [1.29, 1.82) is 5.26 Å². The van der Waals surface area contributed by atoms with Crippen molar-refractivity contribution in [2.75, 3.05) is 5.32 Å². The lowest BCUT2D eigenvalue weighted by Crippen LogP contribution is -2.09. The van der Waals surface area contributed by atoms with Crippen molar-refractivity contribution in [1.82, 2.24) is 0 Å². The number of benzene rings is 2. The quantitative estimate of drug-likeness (QED) is 0.877. The zero-order valence-electron chi connectivity index (χ0n) is 12.1. The second kappa shape index (κ2) is 7.01. The molecule has 108 valence electrons. The van der Waals surface area contributed by atoms with Crippen molar-refractivity contribution < 1.29 is 4.74 Å². The highest BCUT2D eigenvalue weighted by Gasteiger charge is 2.04. The number of hydrogen-bond acceptors (Lipinski definition) is 3. The summed E-state index contributed by atoms with van der Waals surface area (Å²) < 4.78 is 5.68. The zero-order valence-corrected chi connectivity index (χ0v) is 12.8. The average molecular weight is 301 g/mol. The van der Waals surface area contributed by atoms with Crippen LogP contribution >= 0.6 is 11.6 Å². The summed E-state index contributed by atoms with van der Waals surface area (Å²) in [4.78, 5) is 0. The number of halogens is 1. The van der Waals surface area contributed by atoms with Gasteiger partial charge in [0.1, 0.15) is 12.4 Å². The van der Waals surface area contributed by atoms with Gasteiger partial charge in [-0.3, -0.25) is 0 Å². The summed E-state index contributed by atoms with van der Waals surface area (Å²) in [6, 6.07) is 15.3. The smallest absolute Gasteiger partial charge is 0.121 e. The maximum atomic E-state index is 8.86. The van der Waals surface area contributed by atoms with Gasteiger partial charge in [0.05, 0.1) is 11.6 Å². The maximum absolute atomic E-state index is 8.86. The van der Waals surface area contributed by atoms with Crippen molar-refractivity contribution >= 4 is 17.3 Å². The summed E-state index contributed by atoms with van der Waals surface area (Å²) in [5.41, 5.74) is 2.48. The van der Waals surface area contributed by atoms with E-state index in [9.17, 15) is 0 Å². The first-order valence-corrected chi connectivity index (χ1v) is 7.14. The van der Waals surface area contributed by atoms with Gasteiger partial charge in [0.15, 0.2) is 0 Å². The molecular formula is C17H17ClN2O. The Morgan fingerprint density at radius 3 is 2.71 bits per heavy atom. The van der Waals surface area contributed by atoms with E-state index in [0.717, 1.165) is 11.3 Å². The largest absolute Gasteiger partial charge is 0.489 e. The van der Waals surface area contributed by atoms with Crippen molar-refractivity contribution in [3.05, 3.63) is 58.6 Å². The molecule has 0 amide bonds. The third-order valence-electron chi connectivity index (χ3n) is 2.87. The Balaban J connectivity index is 2.04. The molecule has 0 unspecified atom stereocenters. The molecule has 0 spiro atoms. The first-order valence-electron chi connectivity index (χ1n) is 6.76. The highest BCUT2D eigenvalue weighted by Crippen LogP contribution is 2.23. The Labute approximate surface area is 130 Å². The standard InChI is InChI=1S/C17H17ClN2O/c1-12(2)20-15-7-6-14(17(18)9-15)11-21-16-5-3-4-13(8-16)10-19/h3-9,12,20H,11H2,1-2H3. The lowest BCUT2D eigenvalue weighted by Gasteiger charge is -2.12. The minimum atomic E-state index is 0.358. The van der Waals surface area contributed by atoms with E-state index in [4.69, 9.17) is 21.6 Å². The zero-order chi connectivity index (χ0) is 15.2. The molecule has 0 fully saturated rings. The van der Waals surface area contributed by atoms with Gasteiger partial charge in [-0.25, -0.2) is 0 Å². The predicted molar refractivity (Wildman–Crippen MR) is 85.7 cm³/mol. The molecule has 0 aliphatic heterocycles. The molecule has 0 aliphatic rings. The fourth-order valence-corrected chi connectivity index (χ4v) is 2.14. The predicted octanol–water partition coefficient (Wildman–Crippen LogP) is 4.61. The molecule has 0 heterocycles. The monoisotopic (exact) mass is 300 g/mol. The fraction of sp³-hybridized carbons (Fsp3) is 0.235. The minimum Gasteiger partial charge on any atom is -0.489 e. The normalized spacial score (nSPS) is 10.2. The van der Waals surface area contributed by atoms with Crippen LogP contribution in [0.25, 0.3) is 0 Å². The number of nitrogens with zero attached hydrogens (tertiary/aromatic N) is 1. The number of rotatable bonds is 5. The van der Waals surface area contributed by atoms with Crippen LogP contribution in [0.5, 0.6) is 5.75 Å². The lowest BCUT2D eigenvalue weighted by molar-refractivity contribution is 0.306. The topological polar surface area (TPSA) is 45.0 Å². The Kier molecular flexibility index (Phi) is 5.08. The van der Waals surface area contributed by atoms with E-state index in [0.29, 0.717) is 29.0 Å². The van der Waals surface area contributed by atoms with Gasteiger partial charge < -0.3 is 10.1 Å². The Bertz CT molecular complexity index is 662.